The van der Waals surface area contributed by atoms with Gasteiger partial charge in [0, 0.05) is 28.7 Å². The van der Waals surface area contributed by atoms with Crippen molar-refractivity contribution in [3.63, 3.8) is 0 Å². The zero-order chi connectivity index (χ0) is 28.7. The van der Waals surface area contributed by atoms with Crippen molar-refractivity contribution in [1.82, 2.24) is 0 Å². The van der Waals surface area contributed by atoms with Gasteiger partial charge in [-0.1, -0.05) is 34.7 Å². The van der Waals surface area contributed by atoms with Gasteiger partial charge in [0.25, 0.3) is 21.0 Å². The number of fused-ring (bicyclic) bond motifs is 2. The highest BCUT2D eigenvalue weighted by molar-refractivity contribution is 8.04. The van der Waals surface area contributed by atoms with Crippen molar-refractivity contribution in [2.45, 2.75) is 30.7 Å². The summed E-state index contributed by atoms with van der Waals surface area (Å²) in [6.45, 7) is 3.63. The Morgan fingerprint density at radius 1 is 1.18 bits per heavy atom. The maximum Gasteiger partial charge on any atom is 0.328 e. The Bertz CT molecular complexity index is 1690. The maximum atomic E-state index is 12.3. The molecule has 4 rings (SSSR count). The first-order chi connectivity index (χ1) is 18.2. The largest absolute Gasteiger partial charge is 0.464 e. The number of hydrogen-bond acceptors (Lipinski definition) is 10. The molecule has 39 heavy (non-hydrogen) atoms. The van der Waals surface area contributed by atoms with Crippen molar-refractivity contribution in [1.29, 1.82) is 0 Å². The van der Waals surface area contributed by atoms with E-state index in [-0.39, 0.29) is 6.61 Å². The standard InChI is InChI=1S/C23H24ClN3O8S4/c1-4-35-23(28)14(2)25(3)16-6-8-20-18(10-16)27(13-39(32,33)34)22(37-20)11-21-26(12-38(29,30)31)17-9-15(24)5-7-19(17)36-21/h5-11,14H,4,12-13H2,1-3H3,(H-,29,30,31,32,33,34)/p+1. The van der Waals surface area contributed by atoms with Crippen LogP contribution >= 0.6 is 34.7 Å². The zero-order valence-electron chi connectivity index (χ0n) is 20.9. The fourth-order valence-corrected chi connectivity index (χ4v) is 7.71. The molecule has 2 heterocycles. The van der Waals surface area contributed by atoms with Gasteiger partial charge in [-0.2, -0.15) is 21.4 Å². The molecular weight excluding hydrogens is 610 g/mol. The van der Waals surface area contributed by atoms with E-state index in [4.69, 9.17) is 16.3 Å². The SMILES string of the molecule is CCOC(=O)C(C)N(C)c1ccc2sc(C=C3Sc4ccc(Cl)cc4N3CS(=O)(=O)O)[n+](CS(=O)(=O)O)c2c1. The number of halogens is 1. The van der Waals surface area contributed by atoms with Crippen LogP contribution in [0.25, 0.3) is 16.3 Å². The first kappa shape index (κ1) is 29.6. The molecule has 1 atom stereocenters. The molecule has 0 bridgehead atoms. The number of ether oxygens (including phenoxy) is 1. The predicted molar refractivity (Wildman–Crippen MR) is 152 cm³/mol. The number of rotatable bonds is 9. The highest BCUT2D eigenvalue weighted by Gasteiger charge is 2.32. The molecular formula is C23H25ClN3O8S4+. The van der Waals surface area contributed by atoms with E-state index in [1.54, 1.807) is 68.3 Å². The van der Waals surface area contributed by atoms with E-state index >= 15 is 0 Å². The number of carbonyl (C=O) groups excluding carboxylic acids is 1. The molecule has 2 aromatic carbocycles. The number of hydrogen-bond donors (Lipinski definition) is 2. The molecule has 1 aliphatic rings. The topological polar surface area (TPSA) is 145 Å². The van der Waals surface area contributed by atoms with Crippen LogP contribution in [0.4, 0.5) is 11.4 Å². The molecule has 0 spiro atoms. The van der Waals surface area contributed by atoms with Gasteiger partial charge in [0.05, 0.1) is 23.4 Å². The fourth-order valence-electron chi connectivity index (χ4n) is 3.94. The lowest BCUT2D eigenvalue weighted by molar-refractivity contribution is -0.649. The van der Waals surface area contributed by atoms with Crippen LogP contribution in [0.15, 0.2) is 46.3 Å². The van der Waals surface area contributed by atoms with Crippen LogP contribution in [0.5, 0.6) is 0 Å². The molecule has 0 saturated carbocycles. The van der Waals surface area contributed by atoms with Gasteiger partial charge >= 0.3 is 16.1 Å². The molecule has 0 fully saturated rings. The van der Waals surface area contributed by atoms with Crippen LogP contribution in [-0.4, -0.2) is 57.5 Å². The van der Waals surface area contributed by atoms with E-state index in [1.165, 1.54) is 32.6 Å². The van der Waals surface area contributed by atoms with Crippen molar-refractivity contribution in [3.05, 3.63) is 51.5 Å². The van der Waals surface area contributed by atoms with Crippen LogP contribution in [-0.2, 0) is 35.6 Å². The van der Waals surface area contributed by atoms with E-state index < -0.39 is 44.0 Å². The van der Waals surface area contributed by atoms with E-state index in [9.17, 15) is 30.7 Å². The number of carbonyl (C=O) groups is 1. The minimum absolute atomic E-state index is 0.232. The molecule has 1 aliphatic heterocycles. The molecule has 11 nitrogen and oxygen atoms in total. The van der Waals surface area contributed by atoms with Crippen LogP contribution < -0.4 is 14.4 Å². The number of anilines is 2. The van der Waals surface area contributed by atoms with E-state index in [0.717, 1.165) is 0 Å². The Hall–Kier alpha value is -2.40. The minimum Gasteiger partial charge on any atom is -0.464 e. The smallest absolute Gasteiger partial charge is 0.328 e. The first-order valence-corrected chi connectivity index (χ1v) is 16.6. The van der Waals surface area contributed by atoms with Gasteiger partial charge in [-0.3, -0.25) is 9.11 Å². The Balaban J connectivity index is 1.84. The Labute approximate surface area is 239 Å². The third kappa shape index (κ3) is 6.85. The van der Waals surface area contributed by atoms with Crippen molar-refractivity contribution >= 4 is 88.6 Å². The highest BCUT2D eigenvalue weighted by atomic mass is 35.5. The molecule has 3 aromatic rings. The summed E-state index contributed by atoms with van der Waals surface area (Å²) >= 11 is 8.56. The van der Waals surface area contributed by atoms with E-state index in [2.05, 4.69) is 0 Å². The normalized spacial score (nSPS) is 15.5. The molecule has 16 heteroatoms. The summed E-state index contributed by atoms with van der Waals surface area (Å²) in [5.41, 5.74) is 1.54. The molecule has 0 radical (unpaired) electrons. The summed E-state index contributed by atoms with van der Waals surface area (Å²) in [7, 11) is -7.22. The predicted octanol–water partition coefficient (Wildman–Crippen LogP) is 3.83. The van der Waals surface area contributed by atoms with E-state index in [0.29, 0.717) is 41.5 Å². The maximum absolute atomic E-state index is 12.3. The third-order valence-electron chi connectivity index (χ3n) is 5.85. The number of aromatic nitrogens is 1. The number of esters is 1. The van der Waals surface area contributed by atoms with Gasteiger partial charge in [-0.25, -0.2) is 4.79 Å². The third-order valence-corrected chi connectivity index (χ3v) is 9.48. The summed E-state index contributed by atoms with van der Waals surface area (Å²) in [5.74, 6) is -1.93. The monoisotopic (exact) mass is 634 g/mol. The number of benzene rings is 2. The minimum atomic E-state index is -4.49. The summed E-state index contributed by atoms with van der Waals surface area (Å²) in [6, 6.07) is 9.54. The van der Waals surface area contributed by atoms with Gasteiger partial charge < -0.3 is 14.5 Å². The van der Waals surface area contributed by atoms with Crippen LogP contribution in [0.1, 0.15) is 18.9 Å². The second kappa shape index (κ2) is 11.2. The average Bonchev–Trinajstić information content (AvgIpc) is 3.33. The molecule has 0 amide bonds. The Kier molecular flexibility index (Phi) is 8.52. The molecule has 0 aliphatic carbocycles. The lowest BCUT2D eigenvalue weighted by atomic mass is 10.2. The van der Waals surface area contributed by atoms with Crippen LogP contribution in [0.3, 0.4) is 0 Å². The van der Waals surface area contributed by atoms with Gasteiger partial charge in [-0.15, -0.1) is 0 Å². The Morgan fingerprint density at radius 3 is 2.54 bits per heavy atom. The van der Waals surface area contributed by atoms with Gasteiger partial charge in [0.15, 0.2) is 5.88 Å². The van der Waals surface area contributed by atoms with Gasteiger partial charge in [0.1, 0.15) is 10.7 Å². The zero-order valence-corrected chi connectivity index (χ0v) is 25.0. The summed E-state index contributed by atoms with van der Waals surface area (Å²) < 4.78 is 74.1. The second-order valence-electron chi connectivity index (χ2n) is 8.61. The van der Waals surface area contributed by atoms with Crippen LogP contribution in [0.2, 0.25) is 5.02 Å². The number of likely N-dealkylation sites (N-methyl/N-ethyl adjacent to an activating group) is 1. The lowest BCUT2D eigenvalue weighted by Gasteiger charge is -2.24. The number of nitrogens with zero attached hydrogens (tertiary/aromatic N) is 3. The summed E-state index contributed by atoms with van der Waals surface area (Å²) in [4.78, 5) is 16.0. The molecule has 1 unspecified atom stereocenters. The molecule has 0 saturated heterocycles. The summed E-state index contributed by atoms with van der Waals surface area (Å²) in [5, 5.41) is 1.16. The highest BCUT2D eigenvalue weighted by Crippen LogP contribution is 2.48. The van der Waals surface area contributed by atoms with E-state index in [1.807, 2.05) is 0 Å². The average molecular weight is 635 g/mol. The molecule has 1 aromatic heterocycles. The summed E-state index contributed by atoms with van der Waals surface area (Å²) in [6.07, 6.45) is 1.59. The number of thioether (sulfide) groups is 1. The lowest BCUT2D eigenvalue weighted by Crippen LogP contribution is -2.40. The fraction of sp³-hybridized carbons (Fsp3) is 0.304. The van der Waals surface area contributed by atoms with Crippen molar-refractivity contribution in [2.75, 3.05) is 29.3 Å². The van der Waals surface area contributed by atoms with Gasteiger partial charge in [0.2, 0.25) is 5.52 Å². The quantitative estimate of drug-likeness (QED) is 0.201. The number of thiazole rings is 1. The van der Waals surface area contributed by atoms with Gasteiger partial charge in [-0.05, 0) is 44.2 Å². The van der Waals surface area contributed by atoms with Crippen molar-refractivity contribution in [3.8, 4) is 0 Å². The first-order valence-electron chi connectivity index (χ1n) is 11.4. The Morgan fingerprint density at radius 2 is 1.90 bits per heavy atom. The van der Waals surface area contributed by atoms with Crippen molar-refractivity contribution in [2.24, 2.45) is 0 Å². The second-order valence-corrected chi connectivity index (χ2v) is 14.0. The molecule has 2 N–H and O–H groups in total. The van der Waals surface area contributed by atoms with Crippen molar-refractivity contribution < 1.29 is 40.0 Å². The van der Waals surface area contributed by atoms with Crippen LogP contribution in [0, 0.1) is 0 Å². The molecule has 210 valence electrons.